The molecule has 0 unspecified atom stereocenters. The van der Waals surface area contributed by atoms with Crippen LogP contribution in [0.1, 0.15) is 40.5 Å². The van der Waals surface area contributed by atoms with Crippen molar-refractivity contribution < 1.29 is 14.3 Å². The third-order valence-corrected chi connectivity index (χ3v) is 8.14. The molecule has 3 heterocycles. The Bertz CT molecular complexity index is 1040. The van der Waals surface area contributed by atoms with E-state index < -0.39 is 19.9 Å². The normalized spacial score (nSPS) is 19.4. The summed E-state index contributed by atoms with van der Waals surface area (Å²) in [4.78, 5) is 32.3. The van der Waals surface area contributed by atoms with Gasteiger partial charge in [-0.25, -0.2) is 9.67 Å². The minimum Gasteiger partial charge on any atom is -0.383 e. The lowest BCUT2D eigenvalue weighted by molar-refractivity contribution is -0.148. The first-order valence-corrected chi connectivity index (χ1v) is 15.8. The lowest BCUT2D eigenvalue weighted by atomic mass is 9.78. The molecular weight excluding hydrogens is 448 g/mol. The molecule has 1 fully saturated rings. The van der Waals surface area contributed by atoms with Gasteiger partial charge in [0.2, 0.25) is 0 Å². The maximum atomic E-state index is 13.3. The van der Waals surface area contributed by atoms with Crippen LogP contribution in [-0.4, -0.2) is 58.7 Å². The van der Waals surface area contributed by atoms with E-state index in [1.807, 2.05) is 0 Å². The van der Waals surface area contributed by atoms with Crippen LogP contribution in [0.15, 0.2) is 12.4 Å². The number of nitrogen functional groups attached to an aromatic ring is 1. The van der Waals surface area contributed by atoms with Crippen molar-refractivity contribution in [3.63, 3.8) is 0 Å². The number of amides is 2. The fraction of sp³-hybridized carbons (Fsp3) is 0.667. The van der Waals surface area contributed by atoms with Crippen molar-refractivity contribution in [2.75, 3.05) is 24.2 Å². The fourth-order valence-corrected chi connectivity index (χ4v) is 5.18. The summed E-state index contributed by atoms with van der Waals surface area (Å²) in [7, 11) is -1.21. The van der Waals surface area contributed by atoms with Gasteiger partial charge in [0.05, 0.1) is 29.0 Å². The van der Waals surface area contributed by atoms with E-state index in [2.05, 4.69) is 62.7 Å². The Hall–Kier alpha value is -2.46. The number of pyridine rings is 1. The lowest BCUT2D eigenvalue weighted by Gasteiger charge is -2.45. The Labute approximate surface area is 203 Å². The van der Waals surface area contributed by atoms with Crippen molar-refractivity contribution in [3.8, 4) is 0 Å². The smallest absolute Gasteiger partial charge is 0.314 e. The number of anilines is 2. The topological polar surface area (TPSA) is 115 Å². The fourth-order valence-electron chi connectivity index (χ4n) is 4.42. The number of rotatable bonds is 6. The number of carbonyl (C=O) groups excluding carboxylic acids is 2. The first kappa shape index (κ1) is 26.1. The van der Waals surface area contributed by atoms with Crippen molar-refractivity contribution in [2.45, 2.75) is 79.0 Å². The molecule has 0 spiro atoms. The third kappa shape index (κ3) is 6.15. The van der Waals surface area contributed by atoms with Crippen LogP contribution >= 0.6 is 0 Å². The van der Waals surface area contributed by atoms with Gasteiger partial charge < -0.3 is 20.7 Å². The highest BCUT2D eigenvalue weighted by molar-refractivity contribution is 6.76. The highest BCUT2D eigenvalue weighted by Crippen LogP contribution is 2.34. The van der Waals surface area contributed by atoms with Crippen LogP contribution < -0.4 is 11.1 Å². The molecule has 2 aromatic rings. The lowest BCUT2D eigenvalue weighted by Crippen LogP contribution is -2.54. The SMILES string of the molecule is C[C@H]1CC[C@H](C(C)(C)C)N(C(=O)C(=O)Nc2cnc(N)c3cnn(COCC[Si](C)(C)C)c23)C1. The van der Waals surface area contributed by atoms with Gasteiger partial charge in [-0.3, -0.25) is 9.59 Å². The molecule has 0 aliphatic carbocycles. The number of likely N-dealkylation sites (tertiary alicyclic amines) is 1. The molecule has 9 nitrogen and oxygen atoms in total. The zero-order valence-corrected chi connectivity index (χ0v) is 22.6. The number of nitrogens with one attached hydrogen (secondary N) is 1. The second-order valence-electron chi connectivity index (χ2n) is 11.8. The summed E-state index contributed by atoms with van der Waals surface area (Å²) in [6, 6.07) is 1.05. The number of nitrogens with two attached hydrogens (primary N) is 1. The molecule has 0 bridgehead atoms. The molecule has 1 aliphatic heterocycles. The number of fused-ring (bicyclic) bond motifs is 1. The molecule has 2 amide bonds. The first-order chi connectivity index (χ1) is 15.8. The highest BCUT2D eigenvalue weighted by Gasteiger charge is 2.39. The van der Waals surface area contributed by atoms with Crippen LogP contribution in [0.2, 0.25) is 25.7 Å². The monoisotopic (exact) mass is 488 g/mol. The van der Waals surface area contributed by atoms with Gasteiger partial charge in [-0.2, -0.15) is 5.10 Å². The largest absolute Gasteiger partial charge is 0.383 e. The van der Waals surface area contributed by atoms with E-state index in [0.717, 1.165) is 18.9 Å². The zero-order chi connectivity index (χ0) is 25.3. The van der Waals surface area contributed by atoms with E-state index in [1.54, 1.807) is 15.8 Å². The van der Waals surface area contributed by atoms with Crippen molar-refractivity contribution in [1.82, 2.24) is 19.7 Å². The number of hydrogen-bond acceptors (Lipinski definition) is 6. The minimum absolute atomic E-state index is 0.0109. The van der Waals surface area contributed by atoms with Gasteiger partial charge in [0.15, 0.2) is 0 Å². The van der Waals surface area contributed by atoms with Crippen LogP contribution in [0.3, 0.4) is 0 Å². The van der Waals surface area contributed by atoms with E-state index in [1.165, 1.54) is 6.20 Å². The van der Waals surface area contributed by atoms with Gasteiger partial charge in [0, 0.05) is 27.3 Å². The Morgan fingerprint density at radius 2 is 1.94 bits per heavy atom. The molecule has 2 aromatic heterocycles. The van der Waals surface area contributed by atoms with E-state index in [0.29, 0.717) is 41.5 Å². The molecule has 2 atom stereocenters. The Morgan fingerprint density at radius 3 is 2.59 bits per heavy atom. The average molecular weight is 489 g/mol. The standard InChI is InChI=1S/C24H40N6O3Si/c1-16-8-9-19(24(2,3)4)29(14-16)23(32)22(31)28-18-13-26-21(25)17-12-27-30(20(17)18)15-33-10-11-34(5,6)7/h12-13,16,19H,8-11,14-15H2,1-7H3,(H2,25,26)(H,28,31)/t16-,19+/m0/s1. The summed E-state index contributed by atoms with van der Waals surface area (Å²) >= 11 is 0. The number of aromatic nitrogens is 3. The predicted octanol–water partition coefficient (Wildman–Crippen LogP) is 3.94. The zero-order valence-electron chi connectivity index (χ0n) is 21.6. The van der Waals surface area contributed by atoms with Crippen LogP contribution in [0.25, 0.3) is 10.9 Å². The second-order valence-corrected chi connectivity index (χ2v) is 17.4. The Morgan fingerprint density at radius 1 is 1.24 bits per heavy atom. The molecular formula is C24H40N6O3Si. The molecule has 3 rings (SSSR count). The third-order valence-electron chi connectivity index (χ3n) is 6.43. The van der Waals surface area contributed by atoms with Crippen molar-refractivity contribution >= 4 is 42.3 Å². The van der Waals surface area contributed by atoms with Crippen LogP contribution in [0, 0.1) is 11.3 Å². The van der Waals surface area contributed by atoms with Crippen molar-refractivity contribution in [3.05, 3.63) is 12.4 Å². The maximum Gasteiger partial charge on any atom is 0.314 e. The summed E-state index contributed by atoms with van der Waals surface area (Å²) < 4.78 is 7.51. The molecule has 34 heavy (non-hydrogen) atoms. The molecule has 10 heteroatoms. The van der Waals surface area contributed by atoms with Gasteiger partial charge in [0.25, 0.3) is 0 Å². The highest BCUT2D eigenvalue weighted by atomic mass is 28.3. The van der Waals surface area contributed by atoms with Gasteiger partial charge in [-0.1, -0.05) is 47.3 Å². The molecule has 0 saturated carbocycles. The van der Waals surface area contributed by atoms with E-state index in [9.17, 15) is 9.59 Å². The van der Waals surface area contributed by atoms with Gasteiger partial charge in [-0.05, 0) is 30.2 Å². The van der Waals surface area contributed by atoms with E-state index in [4.69, 9.17) is 10.5 Å². The van der Waals surface area contributed by atoms with E-state index >= 15 is 0 Å². The number of nitrogens with zero attached hydrogens (tertiary/aromatic N) is 4. The predicted molar refractivity (Wildman–Crippen MR) is 138 cm³/mol. The quantitative estimate of drug-likeness (QED) is 0.361. The molecule has 3 N–H and O–H groups in total. The Kier molecular flexibility index (Phi) is 7.71. The molecule has 1 saturated heterocycles. The number of piperidine rings is 1. The Balaban J connectivity index is 1.80. The summed E-state index contributed by atoms with van der Waals surface area (Å²) in [5, 5.41) is 7.77. The summed E-state index contributed by atoms with van der Waals surface area (Å²) in [5.41, 5.74) is 6.93. The summed E-state index contributed by atoms with van der Waals surface area (Å²) in [6.45, 7) is 16.8. The van der Waals surface area contributed by atoms with Crippen molar-refractivity contribution in [1.29, 1.82) is 0 Å². The van der Waals surface area contributed by atoms with Crippen molar-refractivity contribution in [2.24, 2.45) is 11.3 Å². The van der Waals surface area contributed by atoms with Gasteiger partial charge >= 0.3 is 11.8 Å². The van der Waals surface area contributed by atoms with Gasteiger partial charge in [0.1, 0.15) is 12.5 Å². The molecule has 0 aromatic carbocycles. The minimum atomic E-state index is -1.21. The first-order valence-electron chi connectivity index (χ1n) is 12.1. The number of carbonyl (C=O) groups is 2. The molecule has 1 aliphatic rings. The van der Waals surface area contributed by atoms with Gasteiger partial charge in [-0.15, -0.1) is 0 Å². The van der Waals surface area contributed by atoms with Crippen LogP contribution in [-0.2, 0) is 21.1 Å². The average Bonchev–Trinajstić information content (AvgIpc) is 3.16. The van der Waals surface area contributed by atoms with E-state index in [-0.39, 0.29) is 18.2 Å². The number of hydrogen-bond donors (Lipinski definition) is 2. The summed E-state index contributed by atoms with van der Waals surface area (Å²) in [5.74, 6) is -0.530. The van der Waals surface area contributed by atoms with Crippen LogP contribution in [0.5, 0.6) is 0 Å². The molecule has 188 valence electrons. The number of ether oxygens (including phenoxy) is 1. The van der Waals surface area contributed by atoms with Crippen LogP contribution in [0.4, 0.5) is 11.5 Å². The second kappa shape index (κ2) is 10.0. The molecule has 0 radical (unpaired) electrons. The summed E-state index contributed by atoms with van der Waals surface area (Å²) in [6.07, 6.45) is 5.02. The maximum absolute atomic E-state index is 13.3.